The highest BCUT2D eigenvalue weighted by atomic mass is 32.2. The molecule has 0 bridgehead atoms. The lowest BCUT2D eigenvalue weighted by molar-refractivity contribution is 0.236. The Morgan fingerprint density at radius 1 is 1.31 bits per heavy atom. The van der Waals surface area contributed by atoms with Crippen LogP contribution in [0.2, 0.25) is 0 Å². The van der Waals surface area contributed by atoms with Crippen molar-refractivity contribution in [2.24, 2.45) is 5.73 Å². The van der Waals surface area contributed by atoms with Crippen LogP contribution in [-0.4, -0.2) is 45.1 Å². The van der Waals surface area contributed by atoms with Crippen LogP contribution in [0.15, 0.2) is 0 Å². The lowest BCUT2D eigenvalue weighted by Gasteiger charge is -2.23. The maximum Gasteiger partial charge on any atom is 0.315 e. The molecule has 1 heterocycles. The molecule has 0 saturated carbocycles. The van der Waals surface area contributed by atoms with Gasteiger partial charge in [-0.2, -0.15) is 0 Å². The third kappa shape index (κ3) is 4.80. The summed E-state index contributed by atoms with van der Waals surface area (Å²) in [6.45, 7) is 1.09. The molecule has 0 unspecified atom stereocenters. The van der Waals surface area contributed by atoms with E-state index in [4.69, 9.17) is 5.73 Å². The normalized spacial score (nSPS) is 20.3. The summed E-state index contributed by atoms with van der Waals surface area (Å²) in [5.74, 6) is 0.335. The average molecular weight is 249 g/mol. The molecule has 4 N–H and O–H groups in total. The van der Waals surface area contributed by atoms with Crippen LogP contribution in [0.3, 0.4) is 0 Å². The van der Waals surface area contributed by atoms with E-state index in [1.54, 1.807) is 0 Å². The molecule has 1 aliphatic rings. The van der Waals surface area contributed by atoms with Crippen molar-refractivity contribution in [3.8, 4) is 0 Å². The fraction of sp³-hybridized carbons (Fsp3) is 0.889. The van der Waals surface area contributed by atoms with Gasteiger partial charge in [0, 0.05) is 12.6 Å². The Morgan fingerprint density at radius 2 is 1.94 bits per heavy atom. The second kappa shape index (κ2) is 6.05. The molecule has 0 aromatic rings. The molecular formula is C9H19N3O3S. The van der Waals surface area contributed by atoms with E-state index >= 15 is 0 Å². The predicted octanol–water partition coefficient (Wildman–Crippen LogP) is -0.788. The topological polar surface area (TPSA) is 101 Å². The van der Waals surface area contributed by atoms with E-state index in [1.165, 1.54) is 0 Å². The largest absolute Gasteiger partial charge is 0.338 e. The number of amides is 2. The van der Waals surface area contributed by atoms with E-state index in [1.807, 2.05) is 0 Å². The molecule has 1 fully saturated rings. The molecule has 94 valence electrons. The number of rotatable bonds is 4. The molecule has 0 aromatic carbocycles. The van der Waals surface area contributed by atoms with Crippen LogP contribution in [0.25, 0.3) is 0 Å². The fourth-order valence-electron chi connectivity index (χ4n) is 1.57. The summed E-state index contributed by atoms with van der Waals surface area (Å²) >= 11 is 0. The van der Waals surface area contributed by atoms with E-state index in [2.05, 4.69) is 10.6 Å². The molecule has 16 heavy (non-hydrogen) atoms. The smallest absolute Gasteiger partial charge is 0.315 e. The first-order valence-corrected chi connectivity index (χ1v) is 7.30. The Bertz CT molecular complexity index is 315. The van der Waals surface area contributed by atoms with Crippen molar-refractivity contribution in [3.05, 3.63) is 0 Å². The van der Waals surface area contributed by atoms with Crippen LogP contribution < -0.4 is 16.4 Å². The van der Waals surface area contributed by atoms with Crippen molar-refractivity contribution in [2.75, 3.05) is 24.6 Å². The summed E-state index contributed by atoms with van der Waals surface area (Å²) in [6.07, 6.45) is 1.76. The lowest BCUT2D eigenvalue weighted by Crippen LogP contribution is -2.45. The summed E-state index contributed by atoms with van der Waals surface area (Å²) in [5, 5.41) is 5.43. The minimum Gasteiger partial charge on any atom is -0.338 e. The van der Waals surface area contributed by atoms with Crippen molar-refractivity contribution in [1.82, 2.24) is 10.6 Å². The van der Waals surface area contributed by atoms with Gasteiger partial charge in [0.15, 0.2) is 0 Å². The molecule has 2 amide bonds. The minimum absolute atomic E-state index is 0.0265. The monoisotopic (exact) mass is 249 g/mol. The summed E-state index contributed by atoms with van der Waals surface area (Å²) in [6, 6.07) is -0.265. The van der Waals surface area contributed by atoms with E-state index in [0.717, 1.165) is 6.42 Å². The number of sulfone groups is 1. The molecule has 0 atom stereocenters. The van der Waals surface area contributed by atoms with Gasteiger partial charge in [0.1, 0.15) is 9.84 Å². The molecule has 1 saturated heterocycles. The van der Waals surface area contributed by atoms with Gasteiger partial charge in [0.2, 0.25) is 0 Å². The standard InChI is InChI=1S/C9H19N3O3S/c10-4-1-5-11-9(13)12-8-2-6-16(14,15)7-3-8/h8H,1-7,10H2,(H2,11,12,13). The second-order valence-electron chi connectivity index (χ2n) is 3.97. The molecular weight excluding hydrogens is 230 g/mol. The molecule has 0 radical (unpaired) electrons. The number of hydrogen-bond acceptors (Lipinski definition) is 4. The quantitative estimate of drug-likeness (QED) is 0.568. The molecule has 1 rings (SSSR count). The fourth-order valence-corrected chi connectivity index (χ4v) is 3.07. The van der Waals surface area contributed by atoms with Crippen LogP contribution in [0, 0.1) is 0 Å². The van der Waals surface area contributed by atoms with Gasteiger partial charge in [-0.05, 0) is 25.8 Å². The summed E-state index contributed by atoms with van der Waals surface area (Å²) < 4.78 is 22.3. The van der Waals surface area contributed by atoms with Crippen LogP contribution in [0.4, 0.5) is 4.79 Å². The van der Waals surface area contributed by atoms with Gasteiger partial charge in [-0.15, -0.1) is 0 Å². The first kappa shape index (κ1) is 13.2. The summed E-state index contributed by atoms with van der Waals surface area (Å²) in [7, 11) is -2.86. The minimum atomic E-state index is -2.86. The number of urea groups is 1. The second-order valence-corrected chi connectivity index (χ2v) is 6.27. The Morgan fingerprint density at radius 3 is 2.50 bits per heavy atom. The predicted molar refractivity (Wildman–Crippen MR) is 61.9 cm³/mol. The van der Waals surface area contributed by atoms with Crippen LogP contribution >= 0.6 is 0 Å². The van der Waals surface area contributed by atoms with Crippen LogP contribution in [0.5, 0.6) is 0 Å². The van der Waals surface area contributed by atoms with Gasteiger partial charge >= 0.3 is 6.03 Å². The first-order chi connectivity index (χ1) is 7.53. The third-order valence-electron chi connectivity index (χ3n) is 2.56. The molecule has 0 spiro atoms. The number of hydrogen-bond donors (Lipinski definition) is 3. The number of carbonyl (C=O) groups is 1. The Balaban J connectivity index is 2.20. The van der Waals surface area contributed by atoms with Gasteiger partial charge in [0.25, 0.3) is 0 Å². The van der Waals surface area contributed by atoms with E-state index in [0.29, 0.717) is 25.9 Å². The average Bonchev–Trinajstić information content (AvgIpc) is 2.22. The van der Waals surface area contributed by atoms with E-state index in [9.17, 15) is 13.2 Å². The Kier molecular flexibility index (Phi) is 5.01. The van der Waals surface area contributed by atoms with Crippen LogP contribution in [-0.2, 0) is 9.84 Å². The molecule has 1 aliphatic heterocycles. The number of nitrogens with one attached hydrogen (secondary N) is 2. The number of nitrogens with two attached hydrogens (primary N) is 1. The molecule has 0 aliphatic carbocycles. The Hall–Kier alpha value is -0.820. The van der Waals surface area contributed by atoms with Crippen molar-refractivity contribution >= 4 is 15.9 Å². The van der Waals surface area contributed by atoms with Gasteiger partial charge in [-0.25, -0.2) is 13.2 Å². The summed E-state index contributed by atoms with van der Waals surface area (Å²) in [4.78, 5) is 11.3. The SMILES string of the molecule is NCCCNC(=O)NC1CCS(=O)(=O)CC1. The highest BCUT2D eigenvalue weighted by Crippen LogP contribution is 2.11. The molecule has 7 heteroatoms. The summed E-state index contributed by atoms with van der Waals surface area (Å²) in [5.41, 5.74) is 5.29. The van der Waals surface area contributed by atoms with Gasteiger partial charge in [-0.3, -0.25) is 0 Å². The lowest BCUT2D eigenvalue weighted by atomic mass is 10.2. The first-order valence-electron chi connectivity index (χ1n) is 5.48. The van der Waals surface area contributed by atoms with Crippen molar-refractivity contribution in [3.63, 3.8) is 0 Å². The van der Waals surface area contributed by atoms with E-state index < -0.39 is 9.84 Å². The number of carbonyl (C=O) groups excluding carboxylic acids is 1. The maximum absolute atomic E-state index is 11.3. The van der Waals surface area contributed by atoms with Crippen molar-refractivity contribution in [1.29, 1.82) is 0 Å². The van der Waals surface area contributed by atoms with Crippen LogP contribution in [0.1, 0.15) is 19.3 Å². The van der Waals surface area contributed by atoms with Crippen molar-refractivity contribution < 1.29 is 13.2 Å². The third-order valence-corrected chi connectivity index (χ3v) is 4.27. The van der Waals surface area contributed by atoms with E-state index in [-0.39, 0.29) is 23.6 Å². The zero-order valence-electron chi connectivity index (χ0n) is 9.24. The van der Waals surface area contributed by atoms with Gasteiger partial charge in [-0.1, -0.05) is 0 Å². The highest BCUT2D eigenvalue weighted by Gasteiger charge is 2.24. The van der Waals surface area contributed by atoms with Gasteiger partial charge < -0.3 is 16.4 Å². The zero-order chi connectivity index (χ0) is 12.0. The molecule has 0 aromatic heterocycles. The molecule has 6 nitrogen and oxygen atoms in total. The maximum atomic E-state index is 11.3. The van der Waals surface area contributed by atoms with Gasteiger partial charge in [0.05, 0.1) is 11.5 Å². The zero-order valence-corrected chi connectivity index (χ0v) is 10.1. The van der Waals surface area contributed by atoms with Crippen molar-refractivity contribution in [2.45, 2.75) is 25.3 Å². The highest BCUT2D eigenvalue weighted by molar-refractivity contribution is 7.91. The Labute approximate surface area is 95.9 Å².